The second kappa shape index (κ2) is 7.62. The molecule has 4 aromatic rings. The molecule has 5 heteroatoms. The molecule has 1 amide bonds. The van der Waals surface area contributed by atoms with Gasteiger partial charge in [0.05, 0.1) is 18.2 Å². The first kappa shape index (κ1) is 20.3. The molecule has 1 N–H and O–H groups in total. The topological polar surface area (TPSA) is 43.3 Å². The molecule has 4 nitrogen and oxygen atoms in total. The normalized spacial score (nSPS) is 17.2. The quantitative estimate of drug-likeness (QED) is 0.409. The van der Waals surface area contributed by atoms with Crippen molar-refractivity contribution in [2.24, 2.45) is 5.41 Å². The van der Waals surface area contributed by atoms with Crippen LogP contribution in [0.1, 0.15) is 48.0 Å². The Morgan fingerprint density at radius 3 is 2.73 bits per heavy atom. The maximum absolute atomic E-state index is 14.6. The van der Waals surface area contributed by atoms with Crippen LogP contribution in [0, 0.1) is 11.2 Å². The van der Waals surface area contributed by atoms with Gasteiger partial charge in [0.2, 0.25) is 0 Å². The van der Waals surface area contributed by atoms with Crippen molar-refractivity contribution in [1.82, 2.24) is 9.88 Å². The van der Waals surface area contributed by atoms with Gasteiger partial charge in [0.25, 0.3) is 5.91 Å². The molecule has 168 valence electrons. The summed E-state index contributed by atoms with van der Waals surface area (Å²) in [6.07, 6.45) is 7.91. The molecule has 0 atom stereocenters. The van der Waals surface area contributed by atoms with Crippen LogP contribution in [-0.4, -0.2) is 23.6 Å². The number of carbonyl (C=O) groups is 1. The standard InChI is InChI=1S/C28H27FN2O2/c1-33-25-5-2-4-19-14-18(6-7-21(19)25)17-31-13-10-22-24(29)9-8-23(26(22)31)27(32)30-20-15-28(16-20)11-3-12-28/h2,4-10,13-14,20H,3,11-12,15-17H2,1H3,(H,30,32). The van der Waals surface area contributed by atoms with Crippen molar-refractivity contribution in [2.75, 3.05) is 7.11 Å². The molecule has 0 saturated heterocycles. The highest BCUT2D eigenvalue weighted by Crippen LogP contribution is 2.55. The summed E-state index contributed by atoms with van der Waals surface area (Å²) in [5.41, 5.74) is 2.76. The minimum absolute atomic E-state index is 0.109. The van der Waals surface area contributed by atoms with E-state index < -0.39 is 0 Å². The Labute approximate surface area is 192 Å². The van der Waals surface area contributed by atoms with Crippen LogP contribution in [0.3, 0.4) is 0 Å². The summed E-state index contributed by atoms with van der Waals surface area (Å²) in [6.45, 7) is 0.549. The van der Waals surface area contributed by atoms with Crippen molar-refractivity contribution in [3.8, 4) is 5.75 Å². The van der Waals surface area contributed by atoms with Crippen LogP contribution >= 0.6 is 0 Å². The fraction of sp³-hybridized carbons (Fsp3) is 0.321. The van der Waals surface area contributed by atoms with Gasteiger partial charge in [-0.2, -0.15) is 0 Å². The molecule has 1 spiro atoms. The highest BCUT2D eigenvalue weighted by Gasteiger charge is 2.48. The highest BCUT2D eigenvalue weighted by atomic mass is 19.1. The molecule has 0 aliphatic heterocycles. The van der Waals surface area contributed by atoms with Crippen molar-refractivity contribution in [3.05, 3.63) is 77.7 Å². The maximum Gasteiger partial charge on any atom is 0.253 e. The van der Waals surface area contributed by atoms with E-state index in [0.29, 0.717) is 28.4 Å². The first-order valence-electron chi connectivity index (χ1n) is 11.7. The molecule has 2 aliphatic rings. The summed E-state index contributed by atoms with van der Waals surface area (Å²) in [6, 6.07) is 17.2. The SMILES string of the molecule is COc1cccc2cc(Cn3ccc4c(F)ccc(C(=O)NC5CC6(CCC6)C5)c43)ccc12. The summed E-state index contributed by atoms with van der Waals surface area (Å²) in [5.74, 6) is 0.425. The Morgan fingerprint density at radius 2 is 1.97 bits per heavy atom. The van der Waals surface area contributed by atoms with E-state index in [-0.39, 0.29) is 17.8 Å². The Morgan fingerprint density at radius 1 is 1.12 bits per heavy atom. The highest BCUT2D eigenvalue weighted by molar-refractivity contribution is 6.06. The van der Waals surface area contributed by atoms with Gasteiger partial charge >= 0.3 is 0 Å². The van der Waals surface area contributed by atoms with Crippen LogP contribution < -0.4 is 10.1 Å². The number of rotatable bonds is 5. The third-order valence-electron chi connectivity index (χ3n) is 7.70. The number of hydrogen-bond donors (Lipinski definition) is 1. The van der Waals surface area contributed by atoms with Crippen molar-refractivity contribution in [3.63, 3.8) is 0 Å². The zero-order chi connectivity index (χ0) is 22.6. The average Bonchev–Trinajstić information content (AvgIpc) is 3.18. The lowest BCUT2D eigenvalue weighted by atomic mass is 9.54. The van der Waals surface area contributed by atoms with E-state index in [1.54, 1.807) is 19.2 Å². The first-order valence-corrected chi connectivity index (χ1v) is 11.7. The lowest BCUT2D eigenvalue weighted by Gasteiger charge is -2.54. The van der Waals surface area contributed by atoms with Gasteiger partial charge in [0.15, 0.2) is 0 Å². The van der Waals surface area contributed by atoms with Gasteiger partial charge in [-0.3, -0.25) is 4.79 Å². The molecule has 2 aliphatic carbocycles. The van der Waals surface area contributed by atoms with Crippen LogP contribution in [0.25, 0.3) is 21.7 Å². The third-order valence-corrected chi connectivity index (χ3v) is 7.70. The summed E-state index contributed by atoms with van der Waals surface area (Å²) in [5, 5.41) is 5.82. The lowest BCUT2D eigenvalue weighted by Crippen LogP contribution is -2.53. The molecule has 6 rings (SSSR count). The molecule has 33 heavy (non-hydrogen) atoms. The second-order valence-corrected chi connectivity index (χ2v) is 9.75. The van der Waals surface area contributed by atoms with E-state index in [9.17, 15) is 9.18 Å². The Bertz CT molecular complexity index is 1380. The number of aromatic nitrogens is 1. The molecular weight excluding hydrogens is 415 g/mol. The van der Waals surface area contributed by atoms with Crippen LogP contribution in [0.15, 0.2) is 60.8 Å². The fourth-order valence-corrected chi connectivity index (χ4v) is 5.82. The summed E-state index contributed by atoms with van der Waals surface area (Å²) in [4.78, 5) is 13.2. The molecular formula is C28H27FN2O2. The fourth-order valence-electron chi connectivity index (χ4n) is 5.82. The zero-order valence-electron chi connectivity index (χ0n) is 18.7. The minimum Gasteiger partial charge on any atom is -0.496 e. The van der Waals surface area contributed by atoms with Gasteiger partial charge in [-0.1, -0.05) is 30.7 Å². The number of methoxy groups -OCH3 is 1. The predicted molar refractivity (Wildman–Crippen MR) is 128 cm³/mol. The lowest BCUT2D eigenvalue weighted by molar-refractivity contribution is -0.000603. The number of ether oxygens (including phenoxy) is 1. The Balaban J connectivity index is 1.31. The van der Waals surface area contributed by atoms with Gasteiger partial charge in [-0.25, -0.2) is 4.39 Å². The van der Waals surface area contributed by atoms with E-state index in [4.69, 9.17) is 4.74 Å². The van der Waals surface area contributed by atoms with E-state index in [0.717, 1.165) is 34.9 Å². The van der Waals surface area contributed by atoms with Gasteiger partial charge in [-0.05, 0) is 72.4 Å². The number of fused-ring (bicyclic) bond motifs is 2. The molecule has 0 bridgehead atoms. The summed E-state index contributed by atoms with van der Waals surface area (Å²) in [7, 11) is 1.67. The third kappa shape index (κ3) is 3.38. The largest absolute Gasteiger partial charge is 0.496 e. The van der Waals surface area contributed by atoms with Crippen molar-refractivity contribution < 1.29 is 13.9 Å². The smallest absolute Gasteiger partial charge is 0.253 e. The van der Waals surface area contributed by atoms with Crippen molar-refractivity contribution in [2.45, 2.75) is 44.7 Å². The molecule has 2 fully saturated rings. The van der Waals surface area contributed by atoms with E-state index in [1.165, 1.54) is 25.3 Å². The number of carbonyl (C=O) groups excluding carboxylic acids is 1. The number of halogens is 1. The van der Waals surface area contributed by atoms with Gasteiger partial charge in [-0.15, -0.1) is 0 Å². The van der Waals surface area contributed by atoms with Crippen LogP contribution in [-0.2, 0) is 6.54 Å². The molecule has 0 radical (unpaired) electrons. The second-order valence-electron chi connectivity index (χ2n) is 9.75. The van der Waals surface area contributed by atoms with E-state index >= 15 is 0 Å². The Hall–Kier alpha value is -3.34. The number of amides is 1. The Kier molecular flexibility index (Phi) is 4.68. The van der Waals surface area contributed by atoms with E-state index in [1.807, 2.05) is 22.9 Å². The molecule has 1 aromatic heterocycles. The van der Waals surface area contributed by atoms with Crippen LogP contribution in [0.5, 0.6) is 5.75 Å². The minimum atomic E-state index is -0.305. The van der Waals surface area contributed by atoms with Gasteiger partial charge in [0, 0.05) is 29.6 Å². The maximum atomic E-state index is 14.6. The number of nitrogens with zero attached hydrogens (tertiary/aromatic N) is 1. The van der Waals surface area contributed by atoms with Crippen molar-refractivity contribution >= 4 is 27.6 Å². The monoisotopic (exact) mass is 442 g/mol. The molecule has 0 unspecified atom stereocenters. The number of hydrogen-bond acceptors (Lipinski definition) is 2. The molecule has 1 heterocycles. The van der Waals surface area contributed by atoms with E-state index in [2.05, 4.69) is 29.6 Å². The van der Waals surface area contributed by atoms with Crippen molar-refractivity contribution in [1.29, 1.82) is 0 Å². The molecule has 3 aromatic carbocycles. The summed E-state index contributed by atoms with van der Waals surface area (Å²) < 4.78 is 22.0. The zero-order valence-corrected chi connectivity index (χ0v) is 18.7. The van der Waals surface area contributed by atoms with Crippen LogP contribution in [0.4, 0.5) is 4.39 Å². The molecule has 2 saturated carbocycles. The van der Waals surface area contributed by atoms with Gasteiger partial charge in [0.1, 0.15) is 11.6 Å². The predicted octanol–water partition coefficient (Wildman–Crippen LogP) is 6.05. The van der Waals surface area contributed by atoms with Gasteiger partial charge < -0.3 is 14.6 Å². The number of benzene rings is 3. The number of nitrogens with one attached hydrogen (secondary N) is 1. The summed E-state index contributed by atoms with van der Waals surface area (Å²) >= 11 is 0. The average molecular weight is 443 g/mol. The van der Waals surface area contributed by atoms with Crippen LogP contribution in [0.2, 0.25) is 0 Å². The first-order chi connectivity index (χ1) is 16.0.